The number of rotatable bonds is 4. The molecule has 90 valence electrons. The molecule has 1 unspecified atom stereocenters. The van der Waals surface area contributed by atoms with Crippen molar-refractivity contribution in [2.24, 2.45) is 12.9 Å². The maximum absolute atomic E-state index is 5.95. The molecule has 0 saturated carbocycles. The Bertz CT molecular complexity index is 495. The maximum Gasteiger partial charge on any atom is 0.0810 e. The zero-order chi connectivity index (χ0) is 12.3. The molecule has 1 aromatic carbocycles. The summed E-state index contributed by atoms with van der Waals surface area (Å²) >= 11 is 5.95. The van der Waals surface area contributed by atoms with E-state index in [1.807, 2.05) is 43.6 Å². The van der Waals surface area contributed by atoms with E-state index in [9.17, 15) is 0 Å². The van der Waals surface area contributed by atoms with Crippen LogP contribution in [-0.2, 0) is 13.5 Å². The molecule has 0 aliphatic rings. The lowest BCUT2D eigenvalue weighted by atomic mass is 10.0. The van der Waals surface area contributed by atoms with Crippen molar-refractivity contribution in [1.29, 1.82) is 0 Å². The Hall–Kier alpha value is -1.36. The Balaban J connectivity index is 2.15. The van der Waals surface area contributed by atoms with Gasteiger partial charge in [0, 0.05) is 18.3 Å². The van der Waals surface area contributed by atoms with E-state index in [-0.39, 0.29) is 6.04 Å². The van der Waals surface area contributed by atoms with Crippen molar-refractivity contribution in [3.05, 3.63) is 52.8 Å². The van der Waals surface area contributed by atoms with Gasteiger partial charge in [0.2, 0.25) is 0 Å². The van der Waals surface area contributed by atoms with Crippen LogP contribution < -0.4 is 11.3 Å². The van der Waals surface area contributed by atoms with Crippen LogP contribution in [0.25, 0.3) is 0 Å². The first-order chi connectivity index (χ1) is 8.19. The highest BCUT2D eigenvalue weighted by atomic mass is 35.5. The summed E-state index contributed by atoms with van der Waals surface area (Å²) in [6.45, 7) is 0. The van der Waals surface area contributed by atoms with E-state index in [4.69, 9.17) is 17.4 Å². The monoisotopic (exact) mass is 250 g/mol. The number of aryl methyl sites for hydroxylation is 1. The van der Waals surface area contributed by atoms with Crippen molar-refractivity contribution in [2.75, 3.05) is 0 Å². The molecule has 0 spiro atoms. The minimum absolute atomic E-state index is 0.00494. The summed E-state index contributed by atoms with van der Waals surface area (Å²) in [5.41, 5.74) is 4.84. The molecule has 0 saturated heterocycles. The summed E-state index contributed by atoms with van der Waals surface area (Å²) in [5, 5.41) is 5.08. The summed E-state index contributed by atoms with van der Waals surface area (Å²) in [5.74, 6) is 5.57. The first kappa shape index (κ1) is 12.1. The molecule has 17 heavy (non-hydrogen) atoms. The van der Waals surface area contributed by atoms with Gasteiger partial charge in [-0.1, -0.05) is 23.7 Å². The minimum Gasteiger partial charge on any atom is -0.275 e. The van der Waals surface area contributed by atoms with E-state index in [0.29, 0.717) is 0 Å². The van der Waals surface area contributed by atoms with Crippen molar-refractivity contribution in [3.63, 3.8) is 0 Å². The molecule has 4 nitrogen and oxygen atoms in total. The Morgan fingerprint density at radius 3 is 2.88 bits per heavy atom. The van der Waals surface area contributed by atoms with E-state index in [1.165, 1.54) is 0 Å². The van der Waals surface area contributed by atoms with Gasteiger partial charge in [-0.2, -0.15) is 5.10 Å². The third kappa shape index (κ3) is 3.06. The van der Waals surface area contributed by atoms with Crippen LogP contribution in [0.4, 0.5) is 0 Å². The van der Waals surface area contributed by atoms with Crippen LogP contribution in [0.15, 0.2) is 36.5 Å². The molecule has 0 radical (unpaired) electrons. The largest absolute Gasteiger partial charge is 0.275 e. The number of halogens is 1. The molecule has 0 bridgehead atoms. The van der Waals surface area contributed by atoms with Gasteiger partial charge in [-0.3, -0.25) is 16.0 Å². The van der Waals surface area contributed by atoms with Crippen molar-refractivity contribution in [1.82, 2.24) is 15.2 Å². The molecule has 1 heterocycles. The summed E-state index contributed by atoms with van der Waals surface area (Å²) < 4.78 is 1.76. The van der Waals surface area contributed by atoms with Gasteiger partial charge < -0.3 is 0 Å². The van der Waals surface area contributed by atoms with Gasteiger partial charge in [-0.25, -0.2) is 0 Å². The number of hydrogen-bond acceptors (Lipinski definition) is 3. The lowest BCUT2D eigenvalue weighted by molar-refractivity contribution is 0.529. The van der Waals surface area contributed by atoms with E-state index in [1.54, 1.807) is 4.68 Å². The topological polar surface area (TPSA) is 55.9 Å². The summed E-state index contributed by atoms with van der Waals surface area (Å²) in [4.78, 5) is 0. The van der Waals surface area contributed by atoms with Crippen molar-refractivity contribution >= 4 is 11.6 Å². The van der Waals surface area contributed by atoms with Crippen LogP contribution in [0.2, 0.25) is 5.02 Å². The normalized spacial score (nSPS) is 12.6. The molecule has 0 aliphatic carbocycles. The number of benzene rings is 1. The highest BCUT2D eigenvalue weighted by molar-refractivity contribution is 6.30. The smallest absolute Gasteiger partial charge is 0.0810 e. The first-order valence-electron chi connectivity index (χ1n) is 5.39. The third-order valence-corrected chi connectivity index (χ3v) is 2.86. The number of hydrogen-bond donors (Lipinski definition) is 2. The van der Waals surface area contributed by atoms with E-state index >= 15 is 0 Å². The van der Waals surface area contributed by atoms with Crippen LogP contribution in [-0.4, -0.2) is 9.78 Å². The second kappa shape index (κ2) is 5.31. The first-order valence-corrected chi connectivity index (χ1v) is 5.77. The zero-order valence-corrected chi connectivity index (χ0v) is 10.4. The highest BCUT2D eigenvalue weighted by Crippen LogP contribution is 2.18. The van der Waals surface area contributed by atoms with Crippen molar-refractivity contribution in [2.45, 2.75) is 12.5 Å². The fourth-order valence-electron chi connectivity index (χ4n) is 1.77. The van der Waals surface area contributed by atoms with Crippen molar-refractivity contribution in [3.8, 4) is 0 Å². The Morgan fingerprint density at radius 2 is 2.29 bits per heavy atom. The molecule has 3 N–H and O–H groups in total. The molecule has 0 aliphatic heterocycles. The predicted octanol–water partition coefficient (Wildman–Crippen LogP) is 1.82. The maximum atomic E-state index is 5.95. The third-order valence-electron chi connectivity index (χ3n) is 2.62. The average Bonchev–Trinajstić information content (AvgIpc) is 2.73. The van der Waals surface area contributed by atoms with Crippen LogP contribution in [0.5, 0.6) is 0 Å². The fourth-order valence-corrected chi connectivity index (χ4v) is 1.98. The average molecular weight is 251 g/mol. The molecular weight excluding hydrogens is 236 g/mol. The lowest BCUT2D eigenvalue weighted by Gasteiger charge is -2.13. The van der Waals surface area contributed by atoms with E-state index < -0.39 is 0 Å². The molecule has 0 amide bonds. The summed E-state index contributed by atoms with van der Waals surface area (Å²) in [6.07, 6.45) is 2.66. The Kier molecular flexibility index (Phi) is 3.78. The number of hydrazine groups is 1. The Labute approximate surface area is 105 Å². The predicted molar refractivity (Wildman–Crippen MR) is 68.4 cm³/mol. The van der Waals surface area contributed by atoms with Gasteiger partial charge in [0.05, 0.1) is 11.7 Å². The minimum atomic E-state index is -0.00494. The molecule has 1 atom stereocenters. The quantitative estimate of drug-likeness (QED) is 0.643. The van der Waals surface area contributed by atoms with E-state index in [2.05, 4.69) is 10.5 Å². The second-order valence-electron chi connectivity index (χ2n) is 3.97. The number of aromatic nitrogens is 2. The molecular formula is C12H15ClN4. The fraction of sp³-hybridized carbons (Fsp3) is 0.250. The van der Waals surface area contributed by atoms with Gasteiger partial charge in [-0.05, 0) is 30.2 Å². The summed E-state index contributed by atoms with van der Waals surface area (Å²) in [6, 6.07) is 9.71. The number of nitrogens with one attached hydrogen (secondary N) is 1. The van der Waals surface area contributed by atoms with Gasteiger partial charge in [0.1, 0.15) is 0 Å². The Morgan fingerprint density at radius 1 is 1.47 bits per heavy atom. The highest BCUT2D eigenvalue weighted by Gasteiger charge is 2.13. The second-order valence-corrected chi connectivity index (χ2v) is 4.40. The number of nitrogens with two attached hydrogens (primary N) is 1. The summed E-state index contributed by atoms with van der Waals surface area (Å²) in [7, 11) is 1.89. The molecule has 0 fully saturated rings. The molecule has 2 rings (SSSR count). The standard InChI is InChI=1S/C12H15ClN4/c1-17-6-5-11(16-17)12(15-14)8-9-3-2-4-10(13)7-9/h2-7,12,15H,8,14H2,1H3. The molecule has 1 aromatic heterocycles. The zero-order valence-electron chi connectivity index (χ0n) is 9.60. The van der Waals surface area contributed by atoms with Crippen LogP contribution in [0.3, 0.4) is 0 Å². The van der Waals surface area contributed by atoms with Gasteiger partial charge in [-0.15, -0.1) is 0 Å². The molecule has 2 aromatic rings. The van der Waals surface area contributed by atoms with E-state index in [0.717, 1.165) is 22.7 Å². The molecule has 5 heteroatoms. The van der Waals surface area contributed by atoms with Gasteiger partial charge in [0.15, 0.2) is 0 Å². The van der Waals surface area contributed by atoms with Crippen LogP contribution >= 0.6 is 11.6 Å². The van der Waals surface area contributed by atoms with Crippen LogP contribution in [0.1, 0.15) is 17.3 Å². The van der Waals surface area contributed by atoms with Gasteiger partial charge >= 0.3 is 0 Å². The number of nitrogens with zero attached hydrogens (tertiary/aromatic N) is 2. The van der Waals surface area contributed by atoms with Crippen LogP contribution in [0, 0.1) is 0 Å². The van der Waals surface area contributed by atoms with Gasteiger partial charge in [0.25, 0.3) is 0 Å². The lowest BCUT2D eigenvalue weighted by Crippen LogP contribution is -2.30. The SMILES string of the molecule is Cn1ccc(C(Cc2cccc(Cl)c2)NN)n1. The van der Waals surface area contributed by atoms with Crippen molar-refractivity contribution < 1.29 is 0 Å².